The maximum Gasteiger partial charge on any atom is 0.344 e. The van der Waals surface area contributed by atoms with E-state index >= 15 is 0 Å². The molecule has 206 valence electrons. The van der Waals surface area contributed by atoms with Gasteiger partial charge in [-0.05, 0) is 66.6 Å². The lowest BCUT2D eigenvalue weighted by molar-refractivity contribution is 0.0793. The van der Waals surface area contributed by atoms with Crippen molar-refractivity contribution in [3.05, 3.63) is 77.1 Å². The van der Waals surface area contributed by atoms with E-state index in [1.54, 1.807) is 6.20 Å². The number of ether oxygens (including phenoxy) is 1. The summed E-state index contributed by atoms with van der Waals surface area (Å²) >= 11 is 5.97. The number of amides is 2. The molecule has 0 bridgehead atoms. The minimum atomic E-state index is -0.145. The Labute approximate surface area is 235 Å². The van der Waals surface area contributed by atoms with Crippen molar-refractivity contribution in [2.45, 2.75) is 33.2 Å². The zero-order valence-electron chi connectivity index (χ0n) is 22.6. The summed E-state index contributed by atoms with van der Waals surface area (Å²) in [5.74, 6) is 2.41. The third-order valence-corrected chi connectivity index (χ3v) is 7.86. The summed E-state index contributed by atoms with van der Waals surface area (Å²) in [4.78, 5) is 31.9. The number of carbonyl (C=O) groups excluding carboxylic acids is 2. The topological polar surface area (TPSA) is 70.9 Å². The Morgan fingerprint density at radius 2 is 1.62 bits per heavy atom. The second kappa shape index (κ2) is 12.2. The second-order valence-electron chi connectivity index (χ2n) is 10.3. The van der Waals surface area contributed by atoms with E-state index in [1.807, 2.05) is 60.0 Å². The van der Waals surface area contributed by atoms with Crippen molar-refractivity contribution in [2.24, 2.45) is 11.8 Å². The third-order valence-electron chi connectivity index (χ3n) is 7.61. The highest BCUT2D eigenvalue weighted by Crippen LogP contribution is 2.33. The summed E-state index contributed by atoms with van der Waals surface area (Å²) in [6.07, 6.45) is 5.18. The van der Waals surface area contributed by atoms with E-state index in [4.69, 9.17) is 16.3 Å². The van der Waals surface area contributed by atoms with Crippen LogP contribution in [0.25, 0.3) is 0 Å². The lowest BCUT2D eigenvalue weighted by Crippen LogP contribution is -2.36. The minimum absolute atomic E-state index is 0.0341. The number of fused-ring (bicyclic) bond motifs is 1. The molecule has 3 aliphatic heterocycles. The Kier molecular flexibility index (Phi) is 8.53. The number of aromatic nitrogens is 2. The molecular formula is C30H36ClN5O3. The Morgan fingerprint density at radius 1 is 0.923 bits per heavy atom. The zero-order chi connectivity index (χ0) is 27.4. The van der Waals surface area contributed by atoms with Crippen molar-refractivity contribution in [2.75, 3.05) is 39.3 Å². The molecule has 2 aromatic carbocycles. The first kappa shape index (κ1) is 27.2. The lowest BCUT2D eigenvalue weighted by atomic mass is 10.0. The van der Waals surface area contributed by atoms with Gasteiger partial charge < -0.3 is 14.5 Å². The highest BCUT2D eigenvalue weighted by Gasteiger charge is 2.42. The average molecular weight is 550 g/mol. The van der Waals surface area contributed by atoms with Gasteiger partial charge in [-0.3, -0.25) is 9.69 Å². The largest absolute Gasteiger partial charge is 0.457 e. The summed E-state index contributed by atoms with van der Waals surface area (Å²) in [6.45, 7) is 9.75. The first-order valence-corrected chi connectivity index (χ1v) is 14.3. The van der Waals surface area contributed by atoms with Crippen LogP contribution in [0.5, 0.6) is 11.5 Å². The molecule has 39 heavy (non-hydrogen) atoms. The number of nitrogens with zero attached hydrogens (tertiary/aromatic N) is 5. The smallest absolute Gasteiger partial charge is 0.344 e. The van der Waals surface area contributed by atoms with Crippen LogP contribution in [0.4, 0.5) is 4.79 Å². The molecule has 0 spiro atoms. The molecule has 3 aliphatic rings. The monoisotopic (exact) mass is 549 g/mol. The van der Waals surface area contributed by atoms with Gasteiger partial charge in [-0.1, -0.05) is 37.6 Å². The second-order valence-corrected chi connectivity index (χ2v) is 10.7. The van der Waals surface area contributed by atoms with Gasteiger partial charge in [0, 0.05) is 57.0 Å². The summed E-state index contributed by atoms with van der Waals surface area (Å²) in [6, 6.07) is 15.4. The minimum Gasteiger partial charge on any atom is -0.457 e. The van der Waals surface area contributed by atoms with Crippen molar-refractivity contribution >= 4 is 23.5 Å². The molecule has 1 aromatic heterocycles. The van der Waals surface area contributed by atoms with Crippen LogP contribution in [0.2, 0.25) is 5.02 Å². The van der Waals surface area contributed by atoms with Gasteiger partial charge in [-0.2, -0.15) is 9.78 Å². The fourth-order valence-electron chi connectivity index (χ4n) is 5.77. The normalized spacial score (nSPS) is 20.5. The molecule has 2 unspecified atom stereocenters. The number of rotatable bonds is 5. The third kappa shape index (κ3) is 6.28. The number of hydrogen-bond acceptors (Lipinski definition) is 5. The predicted molar refractivity (Wildman–Crippen MR) is 151 cm³/mol. The quantitative estimate of drug-likeness (QED) is 0.413. The average Bonchev–Trinajstić information content (AvgIpc) is 3.75. The van der Waals surface area contributed by atoms with Gasteiger partial charge in [0.25, 0.3) is 5.91 Å². The van der Waals surface area contributed by atoms with E-state index in [9.17, 15) is 9.59 Å². The van der Waals surface area contributed by atoms with Gasteiger partial charge in [0.1, 0.15) is 11.5 Å². The molecule has 3 fully saturated rings. The van der Waals surface area contributed by atoms with E-state index in [2.05, 4.69) is 22.1 Å². The molecule has 2 atom stereocenters. The molecule has 6 rings (SSSR count). The molecule has 4 heterocycles. The first-order valence-electron chi connectivity index (χ1n) is 13.9. The SMILES string of the molecule is CC.O=C(c1cnn(C(=O)N2CC3CN(Cc4cccc(Oc5ccc(Cl)cc5)c4)CC3C2)c1)N1CCCC1. The molecule has 0 aliphatic carbocycles. The fraction of sp³-hybridized carbons (Fsp3) is 0.433. The number of hydrogen-bond donors (Lipinski definition) is 0. The van der Waals surface area contributed by atoms with Crippen molar-refractivity contribution in [3.8, 4) is 11.5 Å². The number of likely N-dealkylation sites (tertiary alicyclic amines) is 3. The van der Waals surface area contributed by atoms with Gasteiger partial charge in [0.2, 0.25) is 0 Å². The Bertz CT molecular complexity index is 1270. The van der Waals surface area contributed by atoms with Crippen LogP contribution >= 0.6 is 11.6 Å². The Balaban J connectivity index is 0.00000151. The molecule has 0 N–H and O–H groups in total. The molecular weight excluding hydrogens is 514 g/mol. The van der Waals surface area contributed by atoms with Crippen LogP contribution in [0.1, 0.15) is 42.6 Å². The molecule has 9 heteroatoms. The molecule has 0 saturated carbocycles. The van der Waals surface area contributed by atoms with Crippen molar-refractivity contribution in [1.29, 1.82) is 0 Å². The van der Waals surface area contributed by atoms with Gasteiger partial charge in [0.05, 0.1) is 11.8 Å². The van der Waals surface area contributed by atoms with Crippen LogP contribution < -0.4 is 4.74 Å². The standard InChI is InChI=1S/C28H30ClN5O3.C2H6/c29-24-6-8-25(9-7-24)37-26-5-3-4-20(12-26)14-31-15-22-17-33(18-23(22)16-31)28(36)34-19-21(13-30-34)27(35)32-10-1-2-11-32;1-2/h3-9,12-13,19,22-23H,1-2,10-11,14-18H2;1-2H3. The van der Waals surface area contributed by atoms with Gasteiger partial charge in [-0.25, -0.2) is 4.79 Å². The number of benzene rings is 2. The zero-order valence-corrected chi connectivity index (χ0v) is 23.4. The van der Waals surface area contributed by atoms with Gasteiger partial charge in [0.15, 0.2) is 0 Å². The molecule has 2 amide bonds. The van der Waals surface area contributed by atoms with E-state index < -0.39 is 0 Å². The van der Waals surface area contributed by atoms with E-state index in [-0.39, 0.29) is 11.9 Å². The predicted octanol–water partition coefficient (Wildman–Crippen LogP) is 5.62. The first-order chi connectivity index (χ1) is 19.0. The molecule has 3 saturated heterocycles. The van der Waals surface area contributed by atoms with Crippen LogP contribution in [-0.4, -0.2) is 75.7 Å². The molecule has 0 radical (unpaired) electrons. The Morgan fingerprint density at radius 3 is 2.31 bits per heavy atom. The van der Waals surface area contributed by atoms with Crippen molar-refractivity contribution < 1.29 is 14.3 Å². The van der Waals surface area contributed by atoms with E-state index in [0.717, 1.165) is 70.2 Å². The highest BCUT2D eigenvalue weighted by molar-refractivity contribution is 6.30. The molecule has 3 aromatic rings. The van der Waals surface area contributed by atoms with Crippen LogP contribution in [0, 0.1) is 11.8 Å². The summed E-state index contributed by atoms with van der Waals surface area (Å²) < 4.78 is 7.32. The van der Waals surface area contributed by atoms with E-state index in [1.165, 1.54) is 16.4 Å². The van der Waals surface area contributed by atoms with Crippen molar-refractivity contribution in [3.63, 3.8) is 0 Å². The van der Waals surface area contributed by atoms with Crippen LogP contribution in [-0.2, 0) is 6.54 Å². The lowest BCUT2D eigenvalue weighted by Gasteiger charge is -2.21. The van der Waals surface area contributed by atoms with Gasteiger partial charge >= 0.3 is 6.03 Å². The summed E-state index contributed by atoms with van der Waals surface area (Å²) in [5.41, 5.74) is 1.69. The van der Waals surface area contributed by atoms with Crippen molar-refractivity contribution in [1.82, 2.24) is 24.5 Å². The van der Waals surface area contributed by atoms with Gasteiger partial charge in [-0.15, -0.1) is 0 Å². The maximum atomic E-state index is 13.1. The summed E-state index contributed by atoms with van der Waals surface area (Å²) in [7, 11) is 0. The van der Waals surface area contributed by atoms with E-state index in [0.29, 0.717) is 22.4 Å². The Hall–Kier alpha value is -3.36. The van der Waals surface area contributed by atoms with Crippen LogP contribution in [0.3, 0.4) is 0 Å². The number of carbonyl (C=O) groups is 2. The number of halogens is 1. The summed E-state index contributed by atoms with van der Waals surface area (Å²) in [5, 5.41) is 4.89. The fourth-order valence-corrected chi connectivity index (χ4v) is 5.89. The maximum absolute atomic E-state index is 13.1. The highest BCUT2D eigenvalue weighted by atomic mass is 35.5. The molecule has 8 nitrogen and oxygen atoms in total. The van der Waals surface area contributed by atoms with Crippen LogP contribution in [0.15, 0.2) is 60.9 Å².